The van der Waals surface area contributed by atoms with E-state index in [4.69, 9.17) is 0 Å². The molecule has 0 saturated heterocycles. The first-order valence-corrected chi connectivity index (χ1v) is 9.66. The first-order valence-electron chi connectivity index (χ1n) is 8.67. The van der Waals surface area contributed by atoms with Crippen molar-refractivity contribution in [3.63, 3.8) is 0 Å². The highest BCUT2D eigenvalue weighted by molar-refractivity contribution is 7.99. The van der Waals surface area contributed by atoms with E-state index >= 15 is 0 Å². The van der Waals surface area contributed by atoms with Gasteiger partial charge in [-0.1, -0.05) is 31.0 Å². The molecule has 0 aromatic carbocycles. The number of nitrogens with zero attached hydrogens (tertiary/aromatic N) is 4. The van der Waals surface area contributed by atoms with E-state index in [0.717, 1.165) is 29.8 Å². The molecule has 2 heterocycles. The lowest BCUT2D eigenvalue weighted by atomic mass is 9.95. The molecule has 0 radical (unpaired) electrons. The van der Waals surface area contributed by atoms with E-state index in [0.29, 0.717) is 29.1 Å². The second-order valence-electron chi connectivity index (χ2n) is 6.51. The van der Waals surface area contributed by atoms with Crippen molar-refractivity contribution in [2.24, 2.45) is 0 Å². The predicted octanol–water partition coefficient (Wildman–Crippen LogP) is 2.98. The Hall–Kier alpha value is -1.63. The molecule has 0 bridgehead atoms. The molecular weight excluding hydrogens is 322 g/mol. The van der Waals surface area contributed by atoms with E-state index in [1.807, 2.05) is 20.8 Å². The van der Waals surface area contributed by atoms with Crippen molar-refractivity contribution in [1.29, 1.82) is 0 Å². The monoisotopic (exact) mass is 347 g/mol. The van der Waals surface area contributed by atoms with Crippen molar-refractivity contribution in [3.8, 4) is 0 Å². The van der Waals surface area contributed by atoms with Crippen molar-refractivity contribution < 1.29 is 4.79 Å². The molecule has 0 atom stereocenters. The van der Waals surface area contributed by atoms with Gasteiger partial charge in [0.15, 0.2) is 0 Å². The molecule has 2 aromatic heterocycles. The Kier molecular flexibility index (Phi) is 5.38. The van der Waals surface area contributed by atoms with Gasteiger partial charge in [-0.05, 0) is 39.2 Å². The van der Waals surface area contributed by atoms with Crippen LogP contribution in [-0.4, -0.2) is 37.3 Å². The van der Waals surface area contributed by atoms with E-state index in [2.05, 4.69) is 20.4 Å². The lowest BCUT2D eigenvalue weighted by Gasteiger charge is -2.22. The van der Waals surface area contributed by atoms with Gasteiger partial charge in [0.25, 0.3) is 5.78 Å². The summed E-state index contributed by atoms with van der Waals surface area (Å²) >= 11 is 1.51. The van der Waals surface area contributed by atoms with E-state index in [-0.39, 0.29) is 5.91 Å². The van der Waals surface area contributed by atoms with E-state index in [9.17, 15) is 4.79 Å². The van der Waals surface area contributed by atoms with Crippen LogP contribution in [-0.2, 0) is 4.79 Å². The number of fused-ring (bicyclic) bond motifs is 1. The molecule has 130 valence electrons. The number of hydrogen-bond acceptors (Lipinski definition) is 5. The molecule has 7 heteroatoms. The normalized spacial score (nSPS) is 15.8. The van der Waals surface area contributed by atoms with Gasteiger partial charge >= 0.3 is 0 Å². The van der Waals surface area contributed by atoms with Crippen LogP contribution >= 0.6 is 11.8 Å². The minimum absolute atomic E-state index is 0.138. The second kappa shape index (κ2) is 7.51. The minimum Gasteiger partial charge on any atom is -0.353 e. The zero-order valence-corrected chi connectivity index (χ0v) is 15.4. The number of hydrogen-bond donors (Lipinski definition) is 1. The van der Waals surface area contributed by atoms with Crippen LogP contribution in [0.25, 0.3) is 5.78 Å². The fourth-order valence-electron chi connectivity index (χ4n) is 3.08. The highest BCUT2D eigenvalue weighted by atomic mass is 32.2. The zero-order valence-electron chi connectivity index (χ0n) is 14.6. The number of carbonyl (C=O) groups excluding carboxylic acids is 1. The second-order valence-corrected chi connectivity index (χ2v) is 7.58. The van der Waals surface area contributed by atoms with E-state index in [1.165, 1.54) is 31.0 Å². The third kappa shape index (κ3) is 3.88. The number of rotatable bonds is 5. The minimum atomic E-state index is 0.138. The molecule has 1 N–H and O–H groups in total. The van der Waals surface area contributed by atoms with Gasteiger partial charge < -0.3 is 5.32 Å². The van der Waals surface area contributed by atoms with Crippen LogP contribution in [0.2, 0.25) is 0 Å². The smallest absolute Gasteiger partial charge is 0.253 e. The van der Waals surface area contributed by atoms with Gasteiger partial charge in [-0.2, -0.15) is 4.98 Å². The summed E-state index contributed by atoms with van der Waals surface area (Å²) in [6.45, 7) is 6.05. The number of aromatic nitrogens is 4. The van der Waals surface area contributed by atoms with Crippen molar-refractivity contribution in [1.82, 2.24) is 24.9 Å². The van der Waals surface area contributed by atoms with Gasteiger partial charge in [0.05, 0.1) is 0 Å². The lowest BCUT2D eigenvalue weighted by Crippen LogP contribution is -2.36. The molecule has 1 saturated carbocycles. The van der Waals surface area contributed by atoms with Gasteiger partial charge in [-0.25, -0.2) is 9.50 Å². The van der Waals surface area contributed by atoms with Gasteiger partial charge in [-0.3, -0.25) is 4.79 Å². The molecule has 6 nitrogen and oxygen atoms in total. The lowest BCUT2D eigenvalue weighted by molar-refractivity contribution is -0.121. The molecule has 1 aliphatic carbocycles. The molecule has 0 spiro atoms. The number of amides is 1. The van der Waals surface area contributed by atoms with Crippen LogP contribution in [0.1, 0.15) is 55.5 Å². The molecule has 0 unspecified atom stereocenters. The summed E-state index contributed by atoms with van der Waals surface area (Å²) in [6.07, 6.45) is 6.51. The molecule has 0 aliphatic heterocycles. The Morgan fingerprint density at radius 3 is 2.71 bits per heavy atom. The highest BCUT2D eigenvalue weighted by Gasteiger charge is 2.16. The number of aryl methyl sites for hydroxylation is 2. The highest BCUT2D eigenvalue weighted by Crippen LogP contribution is 2.19. The number of nitrogens with one attached hydrogen (secondary N) is 1. The fraction of sp³-hybridized carbons (Fsp3) is 0.647. The van der Waals surface area contributed by atoms with Crippen LogP contribution in [0.3, 0.4) is 0 Å². The average Bonchev–Trinajstić information content (AvgIpc) is 2.96. The maximum absolute atomic E-state index is 12.0. The van der Waals surface area contributed by atoms with Crippen molar-refractivity contribution in [3.05, 3.63) is 17.0 Å². The summed E-state index contributed by atoms with van der Waals surface area (Å²) in [7, 11) is 0. The van der Waals surface area contributed by atoms with Crippen molar-refractivity contribution in [2.45, 2.75) is 70.5 Å². The molecule has 1 amide bonds. The quantitative estimate of drug-likeness (QED) is 0.842. The Bertz CT molecular complexity index is 736. The summed E-state index contributed by atoms with van der Waals surface area (Å²) in [5.41, 5.74) is 3.18. The first kappa shape index (κ1) is 17.2. The first-order chi connectivity index (χ1) is 11.5. The predicted molar refractivity (Wildman–Crippen MR) is 95.3 cm³/mol. The molecule has 1 aliphatic rings. The van der Waals surface area contributed by atoms with Crippen LogP contribution in [0.4, 0.5) is 0 Å². The Labute approximate surface area is 146 Å². The van der Waals surface area contributed by atoms with E-state index in [1.54, 1.807) is 4.52 Å². The standard InChI is InChI=1S/C17H25N5OS/c1-11-12(2)18-16-20-17(21-22(16)13(11)3)24-10-9-15(23)19-14-7-5-4-6-8-14/h14H,4-10H2,1-3H3,(H,19,23). The van der Waals surface area contributed by atoms with Crippen LogP contribution in [0, 0.1) is 20.8 Å². The average molecular weight is 347 g/mol. The van der Waals surface area contributed by atoms with Gasteiger partial charge in [0, 0.05) is 29.6 Å². The van der Waals surface area contributed by atoms with Crippen LogP contribution in [0.5, 0.6) is 0 Å². The zero-order chi connectivity index (χ0) is 17.1. The Morgan fingerprint density at radius 1 is 1.21 bits per heavy atom. The molecule has 2 aromatic rings. The molecule has 24 heavy (non-hydrogen) atoms. The number of thioether (sulfide) groups is 1. The third-order valence-electron chi connectivity index (χ3n) is 4.77. The third-order valence-corrected chi connectivity index (χ3v) is 5.61. The van der Waals surface area contributed by atoms with Gasteiger partial charge in [-0.15, -0.1) is 5.10 Å². The van der Waals surface area contributed by atoms with Gasteiger partial charge in [0.2, 0.25) is 11.1 Å². The summed E-state index contributed by atoms with van der Waals surface area (Å²) in [6, 6.07) is 0.377. The van der Waals surface area contributed by atoms with Crippen LogP contribution < -0.4 is 5.32 Å². The Morgan fingerprint density at radius 2 is 1.96 bits per heavy atom. The SMILES string of the molecule is Cc1nc2nc(SCCC(=O)NC3CCCCC3)nn2c(C)c1C. The van der Waals surface area contributed by atoms with Crippen molar-refractivity contribution >= 4 is 23.4 Å². The van der Waals surface area contributed by atoms with Gasteiger partial charge in [0.1, 0.15) is 0 Å². The molecule has 3 rings (SSSR count). The fourth-order valence-corrected chi connectivity index (χ4v) is 3.84. The number of carbonyl (C=O) groups is 1. The van der Waals surface area contributed by atoms with Crippen LogP contribution in [0.15, 0.2) is 5.16 Å². The van der Waals surface area contributed by atoms with Crippen molar-refractivity contribution in [2.75, 3.05) is 5.75 Å². The molecular formula is C17H25N5OS. The largest absolute Gasteiger partial charge is 0.353 e. The maximum atomic E-state index is 12.0. The molecule has 1 fully saturated rings. The Balaban J connectivity index is 1.54. The maximum Gasteiger partial charge on any atom is 0.253 e. The van der Waals surface area contributed by atoms with E-state index < -0.39 is 0 Å². The summed E-state index contributed by atoms with van der Waals surface area (Å²) in [5.74, 6) is 1.45. The summed E-state index contributed by atoms with van der Waals surface area (Å²) < 4.78 is 1.78. The summed E-state index contributed by atoms with van der Waals surface area (Å²) in [5, 5.41) is 8.33. The topological polar surface area (TPSA) is 72.2 Å². The summed E-state index contributed by atoms with van der Waals surface area (Å²) in [4.78, 5) is 21.0.